The van der Waals surface area contributed by atoms with E-state index in [1.54, 1.807) is 26.0 Å². The summed E-state index contributed by atoms with van der Waals surface area (Å²) >= 11 is 0. The standard InChI is InChI=1S/C23H29N3O3/c1-3-29-23(28)20-11-12-21(25-17(20)2)22(27)24-14-19-10-7-13-26(16-19)15-18-8-5-4-6-9-18/h4-6,8-9,11-12,19H,3,7,10,13-16H2,1-2H3,(H,24,27). The number of piperidine rings is 1. The second-order valence-corrected chi connectivity index (χ2v) is 7.49. The van der Waals surface area contributed by atoms with Crippen molar-refractivity contribution >= 4 is 11.9 Å². The number of esters is 1. The van der Waals surface area contributed by atoms with Gasteiger partial charge >= 0.3 is 5.97 Å². The minimum absolute atomic E-state index is 0.205. The van der Waals surface area contributed by atoms with E-state index in [1.165, 1.54) is 5.56 Å². The number of hydrogen-bond donors (Lipinski definition) is 1. The van der Waals surface area contributed by atoms with Gasteiger partial charge in [0.05, 0.1) is 17.9 Å². The summed E-state index contributed by atoms with van der Waals surface area (Å²) in [5.74, 6) is -0.190. The van der Waals surface area contributed by atoms with Crippen LogP contribution in [0, 0.1) is 12.8 Å². The Morgan fingerprint density at radius 3 is 2.72 bits per heavy atom. The number of ether oxygens (including phenoxy) is 1. The summed E-state index contributed by atoms with van der Waals surface area (Å²) in [6.45, 7) is 7.42. The van der Waals surface area contributed by atoms with Crippen molar-refractivity contribution in [3.8, 4) is 0 Å². The zero-order valence-electron chi connectivity index (χ0n) is 17.2. The molecule has 1 aromatic heterocycles. The van der Waals surface area contributed by atoms with Crippen molar-refractivity contribution in [1.29, 1.82) is 0 Å². The lowest BCUT2D eigenvalue weighted by Gasteiger charge is -2.32. The van der Waals surface area contributed by atoms with Crippen LogP contribution in [0.3, 0.4) is 0 Å². The van der Waals surface area contributed by atoms with Gasteiger partial charge in [-0.25, -0.2) is 9.78 Å². The van der Waals surface area contributed by atoms with E-state index in [0.29, 0.717) is 36.0 Å². The predicted molar refractivity (Wildman–Crippen MR) is 112 cm³/mol. The minimum atomic E-state index is -0.412. The number of carbonyl (C=O) groups excluding carboxylic acids is 2. The van der Waals surface area contributed by atoms with Crippen LogP contribution < -0.4 is 5.32 Å². The molecule has 1 aliphatic rings. The van der Waals surface area contributed by atoms with Gasteiger partial charge in [0, 0.05) is 19.6 Å². The number of hydrogen-bond acceptors (Lipinski definition) is 5. The highest BCUT2D eigenvalue weighted by atomic mass is 16.5. The highest BCUT2D eigenvalue weighted by Gasteiger charge is 2.21. The Kier molecular flexibility index (Phi) is 7.36. The lowest BCUT2D eigenvalue weighted by atomic mass is 9.97. The number of benzene rings is 1. The fourth-order valence-corrected chi connectivity index (χ4v) is 3.74. The van der Waals surface area contributed by atoms with E-state index < -0.39 is 5.97 Å². The predicted octanol–water partition coefficient (Wildman–Crippen LogP) is 3.21. The highest BCUT2D eigenvalue weighted by Crippen LogP contribution is 2.18. The van der Waals surface area contributed by atoms with E-state index in [-0.39, 0.29) is 5.91 Å². The topological polar surface area (TPSA) is 71.5 Å². The number of aryl methyl sites for hydroxylation is 1. The molecule has 3 rings (SSSR count). The molecule has 154 valence electrons. The van der Waals surface area contributed by atoms with Crippen LogP contribution in [0.25, 0.3) is 0 Å². The van der Waals surface area contributed by atoms with Gasteiger partial charge in [-0.2, -0.15) is 0 Å². The van der Waals surface area contributed by atoms with E-state index in [2.05, 4.69) is 39.5 Å². The molecule has 0 radical (unpaired) electrons. The van der Waals surface area contributed by atoms with Crippen LogP contribution >= 0.6 is 0 Å². The molecular formula is C23H29N3O3. The summed E-state index contributed by atoms with van der Waals surface area (Å²) in [5.41, 5.74) is 2.54. The van der Waals surface area contributed by atoms with Gasteiger partial charge in [-0.1, -0.05) is 30.3 Å². The molecule has 29 heavy (non-hydrogen) atoms. The van der Waals surface area contributed by atoms with E-state index in [9.17, 15) is 9.59 Å². The third-order valence-electron chi connectivity index (χ3n) is 5.22. The molecule has 0 spiro atoms. The van der Waals surface area contributed by atoms with Crippen molar-refractivity contribution in [2.45, 2.75) is 33.2 Å². The van der Waals surface area contributed by atoms with Gasteiger partial charge in [-0.05, 0) is 56.8 Å². The van der Waals surface area contributed by atoms with Crippen LogP contribution in [0.15, 0.2) is 42.5 Å². The number of nitrogens with one attached hydrogen (secondary N) is 1. The molecule has 0 saturated carbocycles. The van der Waals surface area contributed by atoms with Crippen molar-refractivity contribution in [3.63, 3.8) is 0 Å². The van der Waals surface area contributed by atoms with Gasteiger partial charge in [-0.3, -0.25) is 9.69 Å². The summed E-state index contributed by atoms with van der Waals surface area (Å²) in [5, 5.41) is 3.01. The number of rotatable bonds is 7. The fourth-order valence-electron chi connectivity index (χ4n) is 3.74. The van der Waals surface area contributed by atoms with E-state index in [1.807, 2.05) is 6.07 Å². The van der Waals surface area contributed by atoms with Crippen LogP contribution in [-0.2, 0) is 11.3 Å². The third kappa shape index (κ3) is 5.87. The first-order chi connectivity index (χ1) is 14.1. The maximum atomic E-state index is 12.5. The monoisotopic (exact) mass is 395 g/mol. The number of aromatic nitrogens is 1. The van der Waals surface area contributed by atoms with Gasteiger partial charge in [0.1, 0.15) is 5.69 Å². The van der Waals surface area contributed by atoms with Gasteiger partial charge < -0.3 is 10.1 Å². The van der Waals surface area contributed by atoms with Crippen molar-refractivity contribution in [2.24, 2.45) is 5.92 Å². The van der Waals surface area contributed by atoms with Gasteiger partial charge in [0.25, 0.3) is 5.91 Å². The maximum absolute atomic E-state index is 12.5. The molecule has 2 aromatic rings. The Morgan fingerprint density at radius 2 is 2.00 bits per heavy atom. The van der Waals surface area contributed by atoms with Crippen molar-refractivity contribution in [3.05, 3.63) is 65.0 Å². The number of likely N-dealkylation sites (tertiary alicyclic amines) is 1. The number of amides is 1. The molecule has 6 heteroatoms. The first-order valence-corrected chi connectivity index (χ1v) is 10.3. The smallest absolute Gasteiger partial charge is 0.339 e. The molecule has 2 heterocycles. The second kappa shape index (κ2) is 10.2. The summed E-state index contributed by atoms with van der Waals surface area (Å²) in [4.78, 5) is 31.1. The molecule has 6 nitrogen and oxygen atoms in total. The van der Waals surface area contributed by atoms with Crippen molar-refractivity contribution in [1.82, 2.24) is 15.2 Å². The number of nitrogens with zero attached hydrogens (tertiary/aromatic N) is 2. The largest absolute Gasteiger partial charge is 0.462 e. The Morgan fingerprint density at radius 1 is 1.21 bits per heavy atom. The molecule has 1 unspecified atom stereocenters. The molecule has 1 amide bonds. The molecule has 0 bridgehead atoms. The third-order valence-corrected chi connectivity index (χ3v) is 5.22. The van der Waals surface area contributed by atoms with E-state index in [0.717, 1.165) is 32.5 Å². The highest BCUT2D eigenvalue weighted by molar-refractivity contribution is 5.95. The van der Waals surface area contributed by atoms with Crippen molar-refractivity contribution < 1.29 is 14.3 Å². The molecule has 0 aliphatic carbocycles. The van der Waals surface area contributed by atoms with Crippen LogP contribution in [0.2, 0.25) is 0 Å². The van der Waals surface area contributed by atoms with Crippen LogP contribution in [-0.4, -0.2) is 48.0 Å². The fraction of sp³-hybridized carbons (Fsp3) is 0.435. The Bertz CT molecular complexity index is 839. The zero-order valence-corrected chi connectivity index (χ0v) is 17.2. The molecule has 1 atom stereocenters. The minimum Gasteiger partial charge on any atom is -0.462 e. The van der Waals surface area contributed by atoms with Gasteiger partial charge in [0.15, 0.2) is 0 Å². The summed E-state index contributed by atoms with van der Waals surface area (Å²) in [7, 11) is 0. The lowest BCUT2D eigenvalue weighted by Crippen LogP contribution is -2.40. The molecular weight excluding hydrogens is 366 g/mol. The Balaban J connectivity index is 1.52. The summed E-state index contributed by atoms with van der Waals surface area (Å²) in [6, 6.07) is 13.7. The molecule has 1 fully saturated rings. The van der Waals surface area contributed by atoms with Gasteiger partial charge in [0.2, 0.25) is 0 Å². The first kappa shape index (κ1) is 21.0. The van der Waals surface area contributed by atoms with Crippen molar-refractivity contribution in [2.75, 3.05) is 26.2 Å². The molecule has 1 N–H and O–H groups in total. The Labute approximate surface area is 172 Å². The lowest BCUT2D eigenvalue weighted by molar-refractivity contribution is 0.0524. The van der Waals surface area contributed by atoms with Crippen LogP contribution in [0.4, 0.5) is 0 Å². The quantitative estimate of drug-likeness (QED) is 0.729. The number of carbonyl (C=O) groups is 2. The maximum Gasteiger partial charge on any atom is 0.339 e. The van der Waals surface area contributed by atoms with Gasteiger partial charge in [-0.15, -0.1) is 0 Å². The molecule has 1 aliphatic heterocycles. The second-order valence-electron chi connectivity index (χ2n) is 7.49. The SMILES string of the molecule is CCOC(=O)c1ccc(C(=O)NCC2CCCN(Cc3ccccc3)C2)nc1C. The summed E-state index contributed by atoms with van der Waals surface area (Å²) < 4.78 is 5.00. The van der Waals surface area contributed by atoms with E-state index >= 15 is 0 Å². The Hall–Kier alpha value is -2.73. The van der Waals surface area contributed by atoms with Crippen LogP contribution in [0.5, 0.6) is 0 Å². The summed E-state index contributed by atoms with van der Waals surface area (Å²) in [6.07, 6.45) is 2.25. The normalized spacial score (nSPS) is 17.0. The average molecular weight is 396 g/mol. The molecule has 1 saturated heterocycles. The molecule has 1 aromatic carbocycles. The van der Waals surface area contributed by atoms with Crippen LogP contribution in [0.1, 0.15) is 51.9 Å². The van der Waals surface area contributed by atoms with E-state index in [4.69, 9.17) is 4.74 Å². The average Bonchev–Trinajstić information content (AvgIpc) is 2.73. The number of pyridine rings is 1. The zero-order chi connectivity index (χ0) is 20.6. The first-order valence-electron chi connectivity index (χ1n) is 10.3.